The lowest BCUT2D eigenvalue weighted by molar-refractivity contribution is 0.580. The minimum absolute atomic E-state index is 0.533. The summed E-state index contributed by atoms with van der Waals surface area (Å²) < 4.78 is 13.6. The van der Waals surface area contributed by atoms with Crippen LogP contribution in [0.1, 0.15) is 7.13 Å². The van der Waals surface area contributed by atoms with E-state index in [1.54, 1.807) is 0 Å². The van der Waals surface area contributed by atoms with Gasteiger partial charge in [0.05, 0.1) is 9.44 Å². The Morgan fingerprint density at radius 2 is 2.00 bits per heavy atom. The number of benzene rings is 1. The SMILES string of the molecule is [2H]c1c(C)oc2c([Si](C)(C)C)cccc12. The number of rotatable bonds is 1. The minimum atomic E-state index is -1.38. The van der Waals surface area contributed by atoms with Gasteiger partial charge in [0.1, 0.15) is 11.3 Å². The van der Waals surface area contributed by atoms with Crippen molar-refractivity contribution < 1.29 is 5.79 Å². The Kier molecular flexibility index (Phi) is 1.77. The highest BCUT2D eigenvalue weighted by molar-refractivity contribution is 6.90. The molecule has 0 bridgehead atoms. The topological polar surface area (TPSA) is 13.1 Å². The first-order valence-electron chi connectivity index (χ1n) is 5.40. The fraction of sp³-hybridized carbons (Fsp3) is 0.333. The van der Waals surface area contributed by atoms with Crippen molar-refractivity contribution in [1.82, 2.24) is 0 Å². The van der Waals surface area contributed by atoms with Gasteiger partial charge in [-0.2, -0.15) is 0 Å². The van der Waals surface area contributed by atoms with Gasteiger partial charge in [0.2, 0.25) is 0 Å². The molecule has 0 N–H and O–H groups in total. The van der Waals surface area contributed by atoms with E-state index >= 15 is 0 Å². The molecule has 2 heteroatoms. The zero-order valence-electron chi connectivity index (χ0n) is 10.1. The number of fused-ring (bicyclic) bond motifs is 1. The average Bonchev–Trinajstić information content (AvgIpc) is 2.41. The highest BCUT2D eigenvalue weighted by atomic mass is 28.3. The number of aryl methyl sites for hydroxylation is 1. The van der Waals surface area contributed by atoms with E-state index in [2.05, 4.69) is 25.7 Å². The Balaban J connectivity index is 2.83. The van der Waals surface area contributed by atoms with Gasteiger partial charge in [-0.25, -0.2) is 0 Å². The summed E-state index contributed by atoms with van der Waals surface area (Å²) in [6, 6.07) is 6.67. The summed E-state index contributed by atoms with van der Waals surface area (Å²) in [4.78, 5) is 0. The summed E-state index contributed by atoms with van der Waals surface area (Å²) in [5, 5.41) is 2.26. The first-order chi connectivity index (χ1) is 6.91. The maximum atomic E-state index is 7.89. The van der Waals surface area contributed by atoms with Crippen molar-refractivity contribution in [3.8, 4) is 0 Å². The summed E-state index contributed by atoms with van der Waals surface area (Å²) in [6.45, 7) is 8.74. The van der Waals surface area contributed by atoms with Gasteiger partial charge in [-0.3, -0.25) is 0 Å². The van der Waals surface area contributed by atoms with Crippen LogP contribution in [0.25, 0.3) is 11.0 Å². The second-order valence-corrected chi connectivity index (χ2v) is 9.75. The van der Waals surface area contributed by atoms with Crippen molar-refractivity contribution >= 4 is 24.2 Å². The quantitative estimate of drug-likeness (QED) is 0.651. The standard InChI is InChI=1S/C12H16OSi/c1-9-8-10-6-5-7-11(12(10)13-9)14(2,3)4/h5-8H,1-4H3/i8D. The van der Waals surface area contributed by atoms with Crippen molar-refractivity contribution in [2.75, 3.05) is 0 Å². The highest BCUT2D eigenvalue weighted by Crippen LogP contribution is 2.19. The van der Waals surface area contributed by atoms with Crippen LogP contribution in [-0.4, -0.2) is 8.07 Å². The number of para-hydroxylation sites is 1. The van der Waals surface area contributed by atoms with Crippen LogP contribution in [0.4, 0.5) is 0 Å². The molecular weight excluding hydrogens is 188 g/mol. The molecule has 0 aliphatic heterocycles. The summed E-state index contributed by atoms with van der Waals surface area (Å²) in [5.41, 5.74) is 0.930. The fourth-order valence-electron chi connectivity index (χ4n) is 1.70. The van der Waals surface area contributed by atoms with Gasteiger partial charge in [-0.1, -0.05) is 37.8 Å². The third-order valence-corrected chi connectivity index (χ3v) is 4.40. The average molecular weight is 205 g/mol. The minimum Gasteiger partial charge on any atom is -0.462 e. The Labute approximate surface area is 87.2 Å². The molecule has 1 aromatic carbocycles. The van der Waals surface area contributed by atoms with Gasteiger partial charge in [0, 0.05) is 5.39 Å². The monoisotopic (exact) mass is 205 g/mol. The molecule has 0 radical (unpaired) electrons. The van der Waals surface area contributed by atoms with E-state index in [4.69, 9.17) is 5.79 Å². The van der Waals surface area contributed by atoms with Crippen LogP contribution in [0.2, 0.25) is 19.6 Å². The van der Waals surface area contributed by atoms with Gasteiger partial charge in [0.15, 0.2) is 0 Å². The van der Waals surface area contributed by atoms with Crippen molar-refractivity contribution in [3.05, 3.63) is 30.0 Å². The zero-order valence-corrected chi connectivity index (χ0v) is 10.1. The molecule has 0 spiro atoms. The summed E-state index contributed by atoms with van der Waals surface area (Å²) >= 11 is 0. The highest BCUT2D eigenvalue weighted by Gasteiger charge is 2.20. The summed E-state index contributed by atoms with van der Waals surface area (Å²) in [7, 11) is -1.38. The Morgan fingerprint density at radius 1 is 1.29 bits per heavy atom. The second kappa shape index (κ2) is 2.99. The van der Waals surface area contributed by atoms with Crippen molar-refractivity contribution in [2.24, 2.45) is 0 Å². The predicted octanol–water partition coefficient (Wildman–Crippen LogP) is 3.29. The molecule has 0 saturated carbocycles. The van der Waals surface area contributed by atoms with Crippen LogP contribution in [0.3, 0.4) is 0 Å². The van der Waals surface area contributed by atoms with Gasteiger partial charge in [0.25, 0.3) is 0 Å². The Morgan fingerprint density at radius 3 is 2.64 bits per heavy atom. The van der Waals surface area contributed by atoms with Gasteiger partial charge in [-0.15, -0.1) is 0 Å². The van der Waals surface area contributed by atoms with E-state index in [1.165, 1.54) is 5.19 Å². The maximum absolute atomic E-state index is 7.89. The molecule has 2 aromatic rings. The molecular formula is C12H16OSi. The molecule has 0 unspecified atom stereocenters. The molecule has 74 valence electrons. The molecule has 0 aliphatic rings. The first-order valence-corrected chi connectivity index (χ1v) is 8.40. The van der Waals surface area contributed by atoms with E-state index in [0.29, 0.717) is 6.04 Å². The molecule has 1 aromatic heterocycles. The van der Waals surface area contributed by atoms with E-state index in [-0.39, 0.29) is 0 Å². The predicted molar refractivity (Wildman–Crippen MR) is 63.9 cm³/mol. The van der Waals surface area contributed by atoms with Crippen LogP contribution in [0, 0.1) is 6.92 Å². The number of hydrogen-bond acceptors (Lipinski definition) is 1. The third kappa shape index (κ3) is 1.50. The van der Waals surface area contributed by atoms with Gasteiger partial charge < -0.3 is 4.42 Å². The molecule has 0 atom stereocenters. The summed E-state index contributed by atoms with van der Waals surface area (Å²) in [5.74, 6) is 0.718. The second-order valence-electron chi connectivity index (χ2n) is 4.72. The van der Waals surface area contributed by atoms with Crippen LogP contribution in [0.15, 0.2) is 28.7 Å². The lowest BCUT2D eigenvalue weighted by Crippen LogP contribution is -2.37. The number of hydrogen-bond donors (Lipinski definition) is 0. The molecule has 1 nitrogen and oxygen atoms in total. The van der Waals surface area contributed by atoms with E-state index < -0.39 is 8.07 Å². The smallest absolute Gasteiger partial charge is 0.133 e. The van der Waals surface area contributed by atoms with Crippen LogP contribution >= 0.6 is 0 Å². The fourth-order valence-corrected chi connectivity index (χ4v) is 3.17. The van der Waals surface area contributed by atoms with Crippen molar-refractivity contribution in [3.63, 3.8) is 0 Å². The molecule has 0 saturated heterocycles. The zero-order chi connectivity index (χ0) is 11.2. The molecule has 0 fully saturated rings. The normalized spacial score (nSPS) is 13.3. The lowest BCUT2D eigenvalue weighted by Gasteiger charge is -2.16. The van der Waals surface area contributed by atoms with Crippen LogP contribution < -0.4 is 5.19 Å². The van der Waals surface area contributed by atoms with Crippen molar-refractivity contribution in [1.29, 1.82) is 0 Å². The lowest BCUT2D eigenvalue weighted by atomic mass is 10.2. The molecule has 2 rings (SSSR count). The Bertz CT molecular complexity index is 508. The molecule has 14 heavy (non-hydrogen) atoms. The van der Waals surface area contributed by atoms with Crippen molar-refractivity contribution in [2.45, 2.75) is 26.6 Å². The van der Waals surface area contributed by atoms with E-state index in [1.807, 2.05) is 19.1 Å². The molecule has 0 amide bonds. The Hall–Kier alpha value is -1.02. The number of furan rings is 1. The molecule has 1 heterocycles. The maximum Gasteiger partial charge on any atom is 0.133 e. The van der Waals surface area contributed by atoms with Gasteiger partial charge in [-0.05, 0) is 18.2 Å². The summed E-state index contributed by atoms with van der Waals surface area (Å²) in [6.07, 6.45) is 0. The van der Waals surface area contributed by atoms with Crippen LogP contribution in [-0.2, 0) is 0 Å². The van der Waals surface area contributed by atoms with E-state index in [9.17, 15) is 0 Å². The first kappa shape index (κ1) is 8.30. The van der Waals surface area contributed by atoms with E-state index in [0.717, 1.165) is 16.7 Å². The third-order valence-electron chi connectivity index (χ3n) is 2.39. The largest absolute Gasteiger partial charge is 0.462 e. The molecule has 0 aliphatic carbocycles. The van der Waals surface area contributed by atoms with Crippen LogP contribution in [0.5, 0.6) is 0 Å². The van der Waals surface area contributed by atoms with Gasteiger partial charge >= 0.3 is 0 Å².